The van der Waals surface area contributed by atoms with Gasteiger partial charge in [-0.3, -0.25) is 19.6 Å². The maximum atomic E-state index is 12.3. The standard InChI is InChI=1S/C16H24N4O3/c1-9(14-7-12-4-5-13(14)6-12)17-15(21)8-19-11(3)16(20(22)23)10(2)18-19/h9,12-14H,4-8H2,1-3H3,(H,17,21)/t9-,12-,13-,14+/m1/s1. The Morgan fingerprint density at radius 2 is 2.17 bits per heavy atom. The van der Waals surface area contributed by atoms with E-state index in [1.54, 1.807) is 13.8 Å². The zero-order chi connectivity index (χ0) is 16.7. The minimum atomic E-state index is -0.441. The minimum Gasteiger partial charge on any atom is -0.352 e. The van der Waals surface area contributed by atoms with Crippen LogP contribution in [0.1, 0.15) is 44.0 Å². The summed E-state index contributed by atoms with van der Waals surface area (Å²) in [5, 5.41) is 18.2. The predicted octanol–water partition coefficient (Wildman–Crippen LogP) is 2.35. The molecule has 0 saturated heterocycles. The van der Waals surface area contributed by atoms with Gasteiger partial charge in [0.15, 0.2) is 0 Å². The Hall–Kier alpha value is -1.92. The van der Waals surface area contributed by atoms with Crippen molar-refractivity contribution in [2.45, 2.75) is 59.0 Å². The summed E-state index contributed by atoms with van der Waals surface area (Å²) in [6, 6.07) is 0.157. The molecule has 3 rings (SSSR count). The number of hydrogen-bond donors (Lipinski definition) is 1. The molecule has 2 aliphatic carbocycles. The molecule has 0 radical (unpaired) electrons. The molecule has 7 heteroatoms. The monoisotopic (exact) mass is 320 g/mol. The molecule has 1 aromatic heterocycles. The number of rotatable bonds is 5. The molecule has 4 atom stereocenters. The molecule has 0 aliphatic heterocycles. The third-order valence-corrected chi connectivity index (χ3v) is 5.64. The second kappa shape index (κ2) is 5.94. The number of carbonyl (C=O) groups excluding carboxylic acids is 1. The number of nitro groups is 1. The van der Waals surface area contributed by atoms with Crippen LogP contribution in [-0.2, 0) is 11.3 Å². The molecule has 2 saturated carbocycles. The summed E-state index contributed by atoms with van der Waals surface area (Å²) in [7, 11) is 0. The lowest BCUT2D eigenvalue weighted by Gasteiger charge is -2.28. The molecule has 0 spiro atoms. The molecule has 2 aliphatic rings. The molecule has 1 N–H and O–H groups in total. The summed E-state index contributed by atoms with van der Waals surface area (Å²) in [6.07, 6.45) is 5.17. The lowest BCUT2D eigenvalue weighted by atomic mass is 9.84. The van der Waals surface area contributed by atoms with Gasteiger partial charge in [0.05, 0.1) is 4.92 Å². The Morgan fingerprint density at radius 3 is 2.70 bits per heavy atom. The normalized spacial score (nSPS) is 27.2. The van der Waals surface area contributed by atoms with E-state index in [0.29, 0.717) is 17.3 Å². The quantitative estimate of drug-likeness (QED) is 0.666. The van der Waals surface area contributed by atoms with Gasteiger partial charge in [-0.1, -0.05) is 6.42 Å². The molecule has 0 unspecified atom stereocenters. The van der Waals surface area contributed by atoms with E-state index in [2.05, 4.69) is 17.3 Å². The third-order valence-electron chi connectivity index (χ3n) is 5.64. The fourth-order valence-electron chi connectivity index (χ4n) is 4.55. The maximum Gasteiger partial charge on any atom is 0.312 e. The average molecular weight is 320 g/mol. The predicted molar refractivity (Wildman–Crippen MR) is 84.9 cm³/mol. The van der Waals surface area contributed by atoms with Gasteiger partial charge in [-0.15, -0.1) is 0 Å². The third kappa shape index (κ3) is 2.96. The summed E-state index contributed by atoms with van der Waals surface area (Å²) in [5.74, 6) is 2.06. The first kappa shape index (κ1) is 16.0. The zero-order valence-electron chi connectivity index (χ0n) is 13.9. The average Bonchev–Trinajstić information content (AvgIpc) is 3.14. The van der Waals surface area contributed by atoms with E-state index in [-0.39, 0.29) is 24.2 Å². The van der Waals surface area contributed by atoms with Crippen LogP contribution in [0.25, 0.3) is 0 Å². The number of amides is 1. The van der Waals surface area contributed by atoms with Crippen molar-refractivity contribution < 1.29 is 9.72 Å². The fraction of sp³-hybridized carbons (Fsp3) is 0.750. The van der Waals surface area contributed by atoms with E-state index in [9.17, 15) is 14.9 Å². The highest BCUT2D eigenvalue weighted by atomic mass is 16.6. The van der Waals surface area contributed by atoms with Gasteiger partial charge in [-0.2, -0.15) is 5.10 Å². The summed E-state index contributed by atoms with van der Waals surface area (Å²) in [4.78, 5) is 22.9. The maximum absolute atomic E-state index is 12.3. The Labute approximate surface area is 135 Å². The number of nitrogens with one attached hydrogen (secondary N) is 1. The second-order valence-corrected chi connectivity index (χ2v) is 7.13. The highest BCUT2D eigenvalue weighted by Gasteiger charge is 2.42. The molecule has 1 heterocycles. The van der Waals surface area contributed by atoms with Crippen LogP contribution < -0.4 is 5.32 Å². The van der Waals surface area contributed by atoms with Crippen molar-refractivity contribution in [2.75, 3.05) is 0 Å². The highest BCUT2D eigenvalue weighted by Crippen LogP contribution is 2.49. The molecule has 23 heavy (non-hydrogen) atoms. The van der Waals surface area contributed by atoms with Crippen LogP contribution in [0.15, 0.2) is 0 Å². The number of carbonyl (C=O) groups is 1. The van der Waals surface area contributed by atoms with Gasteiger partial charge in [0.2, 0.25) is 5.91 Å². The molecule has 1 aromatic rings. The van der Waals surface area contributed by atoms with E-state index >= 15 is 0 Å². The van der Waals surface area contributed by atoms with E-state index in [0.717, 1.165) is 11.8 Å². The van der Waals surface area contributed by atoms with E-state index in [1.807, 2.05) is 0 Å². The van der Waals surface area contributed by atoms with Crippen molar-refractivity contribution in [3.05, 3.63) is 21.5 Å². The van der Waals surface area contributed by atoms with Gasteiger partial charge < -0.3 is 5.32 Å². The van der Waals surface area contributed by atoms with Crippen molar-refractivity contribution in [2.24, 2.45) is 17.8 Å². The smallest absolute Gasteiger partial charge is 0.312 e. The summed E-state index contributed by atoms with van der Waals surface area (Å²) < 4.78 is 1.43. The van der Waals surface area contributed by atoms with Crippen LogP contribution in [0.3, 0.4) is 0 Å². The van der Waals surface area contributed by atoms with E-state index < -0.39 is 4.92 Å². The number of nitrogens with zero attached hydrogens (tertiary/aromatic N) is 3. The van der Waals surface area contributed by atoms with Gasteiger partial charge >= 0.3 is 5.69 Å². The van der Waals surface area contributed by atoms with Crippen LogP contribution >= 0.6 is 0 Å². The highest BCUT2D eigenvalue weighted by molar-refractivity contribution is 5.76. The van der Waals surface area contributed by atoms with Gasteiger partial charge in [-0.05, 0) is 57.8 Å². The first-order valence-electron chi connectivity index (χ1n) is 8.34. The molecular weight excluding hydrogens is 296 g/mol. The SMILES string of the molecule is Cc1nn(CC(=O)N[C@H](C)[C@@H]2C[C@@H]3CC[C@@H]2C3)c(C)c1[N+](=O)[O-]. The Morgan fingerprint density at radius 1 is 1.43 bits per heavy atom. The Kier molecular flexibility index (Phi) is 4.12. The van der Waals surface area contributed by atoms with Crippen molar-refractivity contribution in [3.63, 3.8) is 0 Å². The molecular formula is C16H24N4O3. The molecule has 2 fully saturated rings. The van der Waals surface area contributed by atoms with Crippen LogP contribution in [0, 0.1) is 41.7 Å². The summed E-state index contributed by atoms with van der Waals surface area (Å²) in [6.45, 7) is 5.33. The van der Waals surface area contributed by atoms with Crippen LogP contribution in [-0.4, -0.2) is 26.7 Å². The van der Waals surface area contributed by atoms with E-state index in [1.165, 1.54) is 30.4 Å². The summed E-state index contributed by atoms with van der Waals surface area (Å²) >= 11 is 0. The number of aromatic nitrogens is 2. The van der Waals surface area contributed by atoms with Crippen molar-refractivity contribution in [1.29, 1.82) is 0 Å². The van der Waals surface area contributed by atoms with Crippen LogP contribution in [0.4, 0.5) is 5.69 Å². The zero-order valence-corrected chi connectivity index (χ0v) is 13.9. The topological polar surface area (TPSA) is 90.1 Å². The number of aryl methyl sites for hydroxylation is 1. The number of fused-ring (bicyclic) bond motifs is 2. The Bertz CT molecular complexity index is 640. The lowest BCUT2D eigenvalue weighted by Crippen LogP contribution is -2.41. The van der Waals surface area contributed by atoms with Crippen LogP contribution in [0.5, 0.6) is 0 Å². The van der Waals surface area contributed by atoms with Crippen molar-refractivity contribution >= 4 is 11.6 Å². The molecule has 7 nitrogen and oxygen atoms in total. The Balaban J connectivity index is 1.61. The fourth-order valence-corrected chi connectivity index (χ4v) is 4.55. The molecule has 1 amide bonds. The van der Waals surface area contributed by atoms with Crippen LogP contribution in [0.2, 0.25) is 0 Å². The van der Waals surface area contributed by atoms with Gasteiger partial charge in [0.25, 0.3) is 0 Å². The van der Waals surface area contributed by atoms with Crippen molar-refractivity contribution in [3.8, 4) is 0 Å². The molecule has 126 valence electrons. The largest absolute Gasteiger partial charge is 0.352 e. The van der Waals surface area contributed by atoms with Gasteiger partial charge in [0.1, 0.15) is 17.9 Å². The second-order valence-electron chi connectivity index (χ2n) is 7.13. The first-order chi connectivity index (χ1) is 10.9. The first-order valence-corrected chi connectivity index (χ1v) is 8.34. The van der Waals surface area contributed by atoms with Crippen molar-refractivity contribution in [1.82, 2.24) is 15.1 Å². The summed E-state index contributed by atoms with van der Waals surface area (Å²) in [5.41, 5.74) is 0.774. The van der Waals surface area contributed by atoms with E-state index in [4.69, 9.17) is 0 Å². The van der Waals surface area contributed by atoms with Gasteiger partial charge in [0, 0.05) is 6.04 Å². The lowest BCUT2D eigenvalue weighted by molar-refractivity contribution is -0.386. The minimum absolute atomic E-state index is 0.000971. The number of hydrogen-bond acceptors (Lipinski definition) is 4. The molecule has 2 bridgehead atoms. The molecule has 0 aromatic carbocycles. The van der Waals surface area contributed by atoms with Gasteiger partial charge in [-0.25, -0.2) is 0 Å².